The summed E-state index contributed by atoms with van der Waals surface area (Å²) in [4.78, 5) is 12.5. The minimum absolute atomic E-state index is 0.0543. The third-order valence-corrected chi connectivity index (χ3v) is 16.4. The minimum atomic E-state index is -0.837. The van der Waals surface area contributed by atoms with Crippen molar-refractivity contribution in [2.24, 2.45) is 0 Å². The molecule has 0 saturated carbocycles. The molecule has 0 heterocycles. The van der Waals surface area contributed by atoms with Gasteiger partial charge in [-0.2, -0.15) is 0 Å². The third-order valence-electron chi connectivity index (χ3n) is 16.4. The molecule has 3 N–H and O–H groups in total. The molecule has 0 aromatic carbocycles. The first kappa shape index (κ1) is 72.9. The molecule has 1 amide bonds. The van der Waals surface area contributed by atoms with Crippen LogP contribution in [0.1, 0.15) is 399 Å². The van der Waals surface area contributed by atoms with Crippen molar-refractivity contribution >= 4 is 5.91 Å². The third kappa shape index (κ3) is 61.7. The first-order valence-corrected chi connectivity index (χ1v) is 34.6. The normalized spacial score (nSPS) is 12.8. The van der Waals surface area contributed by atoms with E-state index in [0.29, 0.717) is 6.42 Å². The molecule has 74 heavy (non-hydrogen) atoms. The molecular weight excluding hydrogens is 903 g/mol. The monoisotopic (exact) mass is 1040 g/mol. The van der Waals surface area contributed by atoms with E-state index in [1.54, 1.807) is 6.08 Å². The van der Waals surface area contributed by atoms with Gasteiger partial charge in [-0.15, -0.1) is 0 Å². The van der Waals surface area contributed by atoms with Gasteiger partial charge in [0, 0.05) is 6.42 Å². The Morgan fingerprint density at radius 3 is 0.743 bits per heavy atom. The summed E-state index contributed by atoms with van der Waals surface area (Å²) in [5, 5.41) is 23.3. The van der Waals surface area contributed by atoms with Crippen LogP contribution >= 0.6 is 0 Å². The van der Waals surface area contributed by atoms with Gasteiger partial charge in [-0.3, -0.25) is 4.79 Å². The maximum absolute atomic E-state index is 12.5. The summed E-state index contributed by atoms with van der Waals surface area (Å²) in [6, 6.07) is -0.620. The van der Waals surface area contributed by atoms with Gasteiger partial charge in [-0.05, 0) is 44.9 Å². The highest BCUT2D eigenvalue weighted by Gasteiger charge is 2.18. The number of carbonyl (C=O) groups is 1. The van der Waals surface area contributed by atoms with E-state index < -0.39 is 12.1 Å². The van der Waals surface area contributed by atoms with Crippen LogP contribution in [0, 0.1) is 0 Å². The van der Waals surface area contributed by atoms with Crippen LogP contribution in [0.25, 0.3) is 0 Å². The van der Waals surface area contributed by atoms with Crippen molar-refractivity contribution < 1.29 is 15.0 Å². The fourth-order valence-electron chi connectivity index (χ4n) is 11.2. The summed E-state index contributed by atoms with van der Waals surface area (Å²) in [5.41, 5.74) is 0. The van der Waals surface area contributed by atoms with E-state index >= 15 is 0 Å². The van der Waals surface area contributed by atoms with E-state index in [9.17, 15) is 15.0 Å². The number of hydrogen-bond acceptors (Lipinski definition) is 3. The molecular formula is C70H137NO3. The minimum Gasteiger partial charge on any atom is -0.394 e. The molecule has 0 aromatic rings. The van der Waals surface area contributed by atoms with E-state index in [1.807, 2.05) is 6.08 Å². The van der Waals surface area contributed by atoms with E-state index in [1.165, 1.54) is 353 Å². The Bertz CT molecular complexity index is 1090. The average molecular weight is 1040 g/mol. The Balaban J connectivity index is 3.38. The Hall–Kier alpha value is -1.13. The molecule has 0 rings (SSSR count). The number of aliphatic hydroxyl groups excluding tert-OH is 2. The number of amides is 1. The zero-order valence-corrected chi connectivity index (χ0v) is 50.9. The number of nitrogens with one attached hydrogen (secondary N) is 1. The second-order valence-electron chi connectivity index (χ2n) is 24.0. The van der Waals surface area contributed by atoms with Crippen molar-refractivity contribution in [1.29, 1.82) is 0 Å². The molecule has 0 spiro atoms. The van der Waals surface area contributed by atoms with Gasteiger partial charge in [0.05, 0.1) is 18.8 Å². The van der Waals surface area contributed by atoms with Crippen LogP contribution in [0.4, 0.5) is 0 Å². The smallest absolute Gasteiger partial charge is 0.220 e. The van der Waals surface area contributed by atoms with Crippen molar-refractivity contribution in [3.63, 3.8) is 0 Å². The van der Waals surface area contributed by atoms with Gasteiger partial charge >= 0.3 is 0 Å². The number of unbranched alkanes of at least 4 members (excludes halogenated alkanes) is 56. The van der Waals surface area contributed by atoms with Crippen LogP contribution < -0.4 is 5.32 Å². The van der Waals surface area contributed by atoms with Gasteiger partial charge in [0.1, 0.15) is 0 Å². The summed E-state index contributed by atoms with van der Waals surface area (Å²) >= 11 is 0. The van der Waals surface area contributed by atoms with Gasteiger partial charge in [0.15, 0.2) is 0 Å². The molecule has 4 nitrogen and oxygen atoms in total. The molecule has 0 aliphatic rings. The average Bonchev–Trinajstić information content (AvgIpc) is 3.40. The highest BCUT2D eigenvalue weighted by molar-refractivity contribution is 5.76. The Morgan fingerprint density at radius 1 is 0.311 bits per heavy atom. The van der Waals surface area contributed by atoms with Gasteiger partial charge < -0.3 is 15.5 Å². The van der Waals surface area contributed by atoms with Crippen molar-refractivity contribution in [1.82, 2.24) is 5.32 Å². The van der Waals surface area contributed by atoms with Crippen molar-refractivity contribution in [2.75, 3.05) is 6.61 Å². The van der Waals surface area contributed by atoms with Crippen molar-refractivity contribution in [2.45, 2.75) is 411 Å². The van der Waals surface area contributed by atoms with E-state index in [4.69, 9.17) is 0 Å². The van der Waals surface area contributed by atoms with Gasteiger partial charge in [0.2, 0.25) is 5.91 Å². The number of hydrogen-bond donors (Lipinski definition) is 3. The summed E-state index contributed by atoms with van der Waals surface area (Å²) in [7, 11) is 0. The highest BCUT2D eigenvalue weighted by Crippen LogP contribution is 2.19. The summed E-state index contributed by atoms with van der Waals surface area (Å²) in [5.74, 6) is -0.0543. The lowest BCUT2D eigenvalue weighted by atomic mass is 10.0. The van der Waals surface area contributed by atoms with Crippen LogP contribution in [0.5, 0.6) is 0 Å². The lowest BCUT2D eigenvalue weighted by Gasteiger charge is -2.20. The number of aliphatic hydroxyl groups is 2. The van der Waals surface area contributed by atoms with E-state index in [2.05, 4.69) is 31.3 Å². The van der Waals surface area contributed by atoms with Gasteiger partial charge in [0.25, 0.3) is 0 Å². The maximum Gasteiger partial charge on any atom is 0.220 e. The molecule has 0 bridgehead atoms. The second kappa shape index (κ2) is 66.2. The molecule has 0 fully saturated rings. The molecule has 2 unspecified atom stereocenters. The van der Waals surface area contributed by atoms with Gasteiger partial charge in [-0.25, -0.2) is 0 Å². The first-order valence-electron chi connectivity index (χ1n) is 34.6. The van der Waals surface area contributed by atoms with E-state index in [-0.39, 0.29) is 12.5 Å². The molecule has 0 aliphatic carbocycles. The highest BCUT2D eigenvalue weighted by atomic mass is 16.3. The van der Waals surface area contributed by atoms with Crippen LogP contribution in [0.3, 0.4) is 0 Å². The predicted molar refractivity (Wildman–Crippen MR) is 332 cm³/mol. The Morgan fingerprint density at radius 2 is 0.514 bits per heavy atom. The molecule has 0 radical (unpaired) electrons. The van der Waals surface area contributed by atoms with Crippen LogP contribution in [0.2, 0.25) is 0 Å². The zero-order chi connectivity index (χ0) is 53.4. The second-order valence-corrected chi connectivity index (χ2v) is 24.0. The first-order chi connectivity index (χ1) is 36.7. The summed E-state index contributed by atoms with van der Waals surface area (Å²) in [6.45, 7) is 4.36. The van der Waals surface area contributed by atoms with Crippen molar-refractivity contribution in [3.8, 4) is 0 Å². The topological polar surface area (TPSA) is 69.6 Å². The van der Waals surface area contributed by atoms with Crippen LogP contribution in [-0.4, -0.2) is 34.9 Å². The van der Waals surface area contributed by atoms with Gasteiger partial charge in [-0.1, -0.05) is 372 Å². The lowest BCUT2D eigenvalue weighted by molar-refractivity contribution is -0.123. The molecule has 440 valence electrons. The van der Waals surface area contributed by atoms with Crippen LogP contribution in [0.15, 0.2) is 24.3 Å². The SMILES string of the molecule is CCCCCCCCCC/C=C\CCCCCCCCCCCCCCCCCCCCCCCCCCCCCC(=O)NC(CO)C(O)/C=C/CCCCCCCCCCCCCCCCCCCCCCC. The molecule has 2 atom stereocenters. The molecule has 0 aromatic heterocycles. The number of carbonyl (C=O) groups excluding carboxylic acids is 1. The maximum atomic E-state index is 12.5. The molecule has 0 aliphatic heterocycles. The predicted octanol–water partition coefficient (Wildman–Crippen LogP) is 23.4. The summed E-state index contributed by atoms with van der Waals surface area (Å²) in [6.07, 6.45) is 89.9. The van der Waals surface area contributed by atoms with E-state index in [0.717, 1.165) is 25.7 Å². The lowest BCUT2D eigenvalue weighted by Crippen LogP contribution is -2.45. The standard InChI is InChI=1S/C70H137NO3/c1-3-5-7-9-11-13-15-17-19-21-23-25-27-28-29-30-31-32-33-34-35-36-37-38-39-40-41-42-44-46-48-50-52-54-56-58-60-62-64-66-70(74)71-68(67-72)69(73)65-63-61-59-57-55-53-51-49-47-45-43-26-24-22-20-18-16-14-12-10-8-6-4-2/h21,23,63,65,68-69,72-73H,3-20,22,24-62,64,66-67H2,1-2H3,(H,71,74)/b23-21-,65-63+. The fraction of sp³-hybridized carbons (Fsp3) is 0.929. The quantitative estimate of drug-likeness (QED) is 0.0420. The molecule has 0 saturated heterocycles. The summed E-state index contributed by atoms with van der Waals surface area (Å²) < 4.78 is 0. The zero-order valence-electron chi connectivity index (χ0n) is 50.9. The largest absolute Gasteiger partial charge is 0.394 e. The number of allylic oxidation sites excluding steroid dienone is 3. The Kier molecular flexibility index (Phi) is 65.1. The fourth-order valence-corrected chi connectivity index (χ4v) is 11.2. The number of rotatable bonds is 65. The van der Waals surface area contributed by atoms with Crippen LogP contribution in [-0.2, 0) is 4.79 Å². The van der Waals surface area contributed by atoms with Crippen molar-refractivity contribution in [3.05, 3.63) is 24.3 Å². The Labute approximate surface area is 466 Å². The molecule has 4 heteroatoms.